The first-order valence-corrected chi connectivity index (χ1v) is 22.1. The van der Waals surface area contributed by atoms with Gasteiger partial charge in [-0.05, 0) is 140 Å². The maximum absolute atomic E-state index is 14.8. The van der Waals surface area contributed by atoms with Crippen LogP contribution in [0.4, 0.5) is 8.78 Å². The first kappa shape index (κ1) is 41.3. The first-order valence-electron chi connectivity index (χ1n) is 19.2. The molecule has 1 N–H and O–H groups in total. The summed E-state index contributed by atoms with van der Waals surface area (Å²) in [5, 5.41) is 29.6. The monoisotopic (exact) mass is 764 g/mol. The molecule has 2 fully saturated rings. The van der Waals surface area contributed by atoms with Crippen LogP contribution < -0.4 is 13.9 Å². The van der Waals surface area contributed by atoms with Gasteiger partial charge in [-0.15, -0.1) is 0 Å². The van der Waals surface area contributed by atoms with Gasteiger partial charge in [-0.2, -0.15) is 10.5 Å². The van der Waals surface area contributed by atoms with E-state index in [9.17, 15) is 24.4 Å². The molecular formula is C46H54F2N2O4Si. The second-order valence-electron chi connectivity index (χ2n) is 16.8. The van der Waals surface area contributed by atoms with Crippen molar-refractivity contribution in [1.82, 2.24) is 0 Å². The molecule has 55 heavy (non-hydrogen) atoms. The smallest absolute Gasteiger partial charge is 0.250 e. The number of nitriles is 2. The topological polar surface area (TPSA) is 95.5 Å². The van der Waals surface area contributed by atoms with Crippen molar-refractivity contribution in [3.05, 3.63) is 95.6 Å². The highest BCUT2D eigenvalue weighted by atomic mass is 28.4. The normalized spacial score (nSPS) is 16.0. The van der Waals surface area contributed by atoms with Gasteiger partial charge in [0.15, 0.2) is 0 Å². The highest BCUT2D eigenvalue weighted by molar-refractivity contribution is 6.74. The van der Waals surface area contributed by atoms with Crippen molar-refractivity contribution < 1.29 is 27.8 Å². The average Bonchev–Trinajstić information content (AvgIpc) is 3.83. The second kappa shape index (κ2) is 16.9. The van der Waals surface area contributed by atoms with Gasteiger partial charge in [0.1, 0.15) is 34.6 Å². The van der Waals surface area contributed by atoms with Crippen LogP contribution in [-0.2, 0) is 12.8 Å². The molecule has 0 aliphatic heterocycles. The van der Waals surface area contributed by atoms with E-state index in [1.165, 1.54) is 19.2 Å². The predicted molar refractivity (Wildman–Crippen MR) is 217 cm³/mol. The molecule has 2 aliphatic carbocycles. The minimum absolute atomic E-state index is 0.0735. The van der Waals surface area contributed by atoms with Gasteiger partial charge < -0.3 is 19.0 Å². The van der Waals surface area contributed by atoms with Gasteiger partial charge in [-0.3, -0.25) is 0 Å². The molecule has 4 aromatic carbocycles. The molecule has 9 heteroatoms. The van der Waals surface area contributed by atoms with Crippen LogP contribution in [0.25, 0.3) is 22.3 Å². The standard InChI is InChI=1S/C26H34FNO2Si.C20H20FNO2/c1-25(2,3)31(5,6)30-21-9-11-22(23-16-20(29-4)10-12-24(23)27)19(15-21)17-26(18-28)13-7-8-14-26;1-24-16-5-7-19(21)18(11-16)17-6-4-15(23)10-14(17)12-20(13-22)8-2-3-9-20/h9-12,15-16H,7-8,13-14,17H2,1-6H3;4-7,10-11,23H,2-3,8-9,12H2,1H3. The number of hydrogen-bond donors (Lipinski definition) is 1. The average molecular weight is 765 g/mol. The maximum atomic E-state index is 14.8. The van der Waals surface area contributed by atoms with Gasteiger partial charge in [0.25, 0.3) is 0 Å². The number of nitrogens with zero attached hydrogens (tertiary/aromatic N) is 2. The number of phenolic OH excluding ortho intramolecular Hbond substituents is 1. The number of hydrogen-bond acceptors (Lipinski definition) is 6. The van der Waals surface area contributed by atoms with Gasteiger partial charge in [0.2, 0.25) is 8.32 Å². The lowest BCUT2D eigenvalue weighted by Crippen LogP contribution is -2.43. The van der Waals surface area contributed by atoms with E-state index in [-0.39, 0.29) is 27.8 Å². The van der Waals surface area contributed by atoms with Crippen LogP contribution in [0.1, 0.15) is 83.3 Å². The Morgan fingerprint density at radius 3 is 1.47 bits per heavy atom. The lowest BCUT2D eigenvalue weighted by molar-refractivity contribution is 0.406. The van der Waals surface area contributed by atoms with Crippen molar-refractivity contribution in [2.75, 3.05) is 14.2 Å². The molecular weight excluding hydrogens is 711 g/mol. The highest BCUT2D eigenvalue weighted by Crippen LogP contribution is 2.45. The number of aromatic hydroxyl groups is 1. The molecule has 0 bridgehead atoms. The van der Waals surface area contributed by atoms with E-state index in [2.05, 4.69) is 46.0 Å². The van der Waals surface area contributed by atoms with Crippen molar-refractivity contribution in [2.45, 2.75) is 103 Å². The maximum Gasteiger partial charge on any atom is 0.250 e. The van der Waals surface area contributed by atoms with Crippen molar-refractivity contribution in [3.63, 3.8) is 0 Å². The van der Waals surface area contributed by atoms with Gasteiger partial charge in [0, 0.05) is 11.1 Å². The molecule has 2 aliphatic rings. The predicted octanol–water partition coefficient (Wildman–Crippen LogP) is 12.3. The number of benzene rings is 4. The lowest BCUT2D eigenvalue weighted by Gasteiger charge is -2.36. The summed E-state index contributed by atoms with van der Waals surface area (Å²) < 4.78 is 46.3. The Morgan fingerprint density at radius 1 is 0.636 bits per heavy atom. The van der Waals surface area contributed by atoms with Crippen molar-refractivity contribution in [3.8, 4) is 57.4 Å². The Hall–Kier alpha value is -4.86. The highest BCUT2D eigenvalue weighted by Gasteiger charge is 2.40. The zero-order valence-corrected chi connectivity index (χ0v) is 34.3. The fraction of sp³-hybridized carbons (Fsp3) is 0.435. The Labute approximate surface area is 326 Å². The lowest BCUT2D eigenvalue weighted by atomic mass is 9.79. The number of methoxy groups -OCH3 is 2. The summed E-state index contributed by atoms with van der Waals surface area (Å²) in [6.45, 7) is 11.1. The number of rotatable bonds is 10. The molecule has 0 heterocycles. The van der Waals surface area contributed by atoms with Gasteiger partial charge in [-0.25, -0.2) is 8.78 Å². The zero-order chi connectivity index (χ0) is 40.0. The molecule has 0 atom stereocenters. The van der Waals surface area contributed by atoms with E-state index in [1.807, 2.05) is 18.2 Å². The SMILES string of the molecule is COc1ccc(F)c(-c2ccc(O)cc2CC2(C#N)CCCC2)c1.COc1ccc(F)c(-c2ccc(O[Si](C)(C)C(C)(C)C)cc2CC2(C#N)CCCC2)c1. The van der Waals surface area contributed by atoms with Gasteiger partial charge in [-0.1, -0.05) is 58.6 Å². The van der Waals surface area contributed by atoms with Crippen LogP contribution in [0.15, 0.2) is 72.8 Å². The molecule has 290 valence electrons. The molecule has 6 rings (SSSR count). The van der Waals surface area contributed by atoms with Crippen LogP contribution in [0.5, 0.6) is 23.0 Å². The van der Waals surface area contributed by atoms with E-state index < -0.39 is 13.7 Å². The van der Waals surface area contributed by atoms with Crippen molar-refractivity contribution in [1.29, 1.82) is 10.5 Å². The number of halogens is 2. The van der Waals surface area contributed by atoms with Crippen LogP contribution in [0.2, 0.25) is 18.1 Å². The van der Waals surface area contributed by atoms with E-state index in [1.54, 1.807) is 49.6 Å². The number of ether oxygens (including phenoxy) is 2. The molecule has 0 unspecified atom stereocenters. The van der Waals surface area contributed by atoms with E-state index in [0.29, 0.717) is 41.0 Å². The minimum atomic E-state index is -2.02. The summed E-state index contributed by atoms with van der Waals surface area (Å²) in [5.74, 6) is 1.47. The summed E-state index contributed by atoms with van der Waals surface area (Å²) >= 11 is 0. The van der Waals surface area contributed by atoms with Crippen LogP contribution in [-0.4, -0.2) is 27.6 Å². The summed E-state index contributed by atoms with van der Waals surface area (Å²) in [6.07, 6.45) is 8.79. The third-order valence-corrected chi connectivity index (χ3v) is 16.3. The minimum Gasteiger partial charge on any atom is -0.543 e. The summed E-state index contributed by atoms with van der Waals surface area (Å²) in [5.41, 5.74) is 3.38. The Morgan fingerprint density at radius 2 is 1.05 bits per heavy atom. The van der Waals surface area contributed by atoms with E-state index >= 15 is 0 Å². The Balaban J connectivity index is 0.000000218. The second-order valence-corrected chi connectivity index (χ2v) is 21.5. The van der Waals surface area contributed by atoms with Crippen molar-refractivity contribution in [2.24, 2.45) is 10.8 Å². The van der Waals surface area contributed by atoms with Crippen LogP contribution >= 0.6 is 0 Å². The van der Waals surface area contributed by atoms with Gasteiger partial charge in [0.05, 0.1) is 37.2 Å². The van der Waals surface area contributed by atoms with Crippen LogP contribution in [0.3, 0.4) is 0 Å². The summed E-state index contributed by atoms with van der Waals surface area (Å²) in [7, 11) is 1.10. The van der Waals surface area contributed by atoms with Gasteiger partial charge >= 0.3 is 0 Å². The fourth-order valence-electron chi connectivity index (χ4n) is 7.64. The fourth-order valence-corrected chi connectivity index (χ4v) is 8.67. The van der Waals surface area contributed by atoms with E-state index in [4.69, 9.17) is 13.9 Å². The zero-order valence-electron chi connectivity index (χ0n) is 33.3. The summed E-state index contributed by atoms with van der Waals surface area (Å²) in [6, 6.07) is 25.3. The summed E-state index contributed by atoms with van der Waals surface area (Å²) in [4.78, 5) is 0. The molecule has 6 nitrogen and oxygen atoms in total. The molecule has 0 aromatic heterocycles. The molecule has 0 amide bonds. The first-order chi connectivity index (χ1) is 26.1. The van der Waals surface area contributed by atoms with E-state index in [0.717, 1.165) is 73.8 Å². The molecule has 0 spiro atoms. The third-order valence-electron chi connectivity index (χ3n) is 11.9. The Bertz CT molecular complexity index is 2070. The molecule has 2 saturated carbocycles. The molecule has 4 aromatic rings. The largest absolute Gasteiger partial charge is 0.543 e. The van der Waals surface area contributed by atoms with Crippen molar-refractivity contribution >= 4 is 8.32 Å². The van der Waals surface area contributed by atoms with Crippen LogP contribution in [0, 0.1) is 45.1 Å². The quantitative estimate of drug-likeness (QED) is 0.162. The molecule has 0 radical (unpaired) electrons. The Kier molecular flexibility index (Phi) is 12.7. The molecule has 0 saturated heterocycles. The number of phenols is 1. The third kappa shape index (κ3) is 9.51.